The van der Waals surface area contributed by atoms with Crippen LogP contribution in [0.4, 0.5) is 0 Å². The topological polar surface area (TPSA) is 70.7 Å². The summed E-state index contributed by atoms with van der Waals surface area (Å²) in [6.45, 7) is 5.43. The standard InChI is InChI=1S/C14H18N4O2/c1-2-17-6-3-10(4-7-17)13-15-12-9-11(14(19)20)5-8-18(12)16-13/h5,8-10H,2-4,6-7H2,1H3,(H,19,20). The van der Waals surface area contributed by atoms with Gasteiger partial charge in [0.05, 0.1) is 5.56 Å². The fraction of sp³-hybridized carbons (Fsp3) is 0.500. The zero-order valence-corrected chi connectivity index (χ0v) is 11.5. The fourth-order valence-corrected chi connectivity index (χ4v) is 2.71. The Morgan fingerprint density at radius 2 is 2.20 bits per heavy atom. The molecule has 0 saturated carbocycles. The van der Waals surface area contributed by atoms with Crippen molar-refractivity contribution < 1.29 is 9.90 Å². The lowest BCUT2D eigenvalue weighted by molar-refractivity contribution is 0.0697. The van der Waals surface area contributed by atoms with Gasteiger partial charge in [0.15, 0.2) is 11.5 Å². The van der Waals surface area contributed by atoms with Gasteiger partial charge >= 0.3 is 5.97 Å². The Balaban J connectivity index is 1.84. The van der Waals surface area contributed by atoms with Crippen molar-refractivity contribution in [2.75, 3.05) is 19.6 Å². The van der Waals surface area contributed by atoms with Crippen molar-refractivity contribution in [3.05, 3.63) is 29.7 Å². The molecule has 1 N–H and O–H groups in total. The first-order valence-electron chi connectivity index (χ1n) is 6.99. The predicted molar refractivity (Wildman–Crippen MR) is 74.0 cm³/mol. The second-order valence-corrected chi connectivity index (χ2v) is 5.20. The van der Waals surface area contributed by atoms with Crippen LogP contribution in [0.1, 0.15) is 41.9 Å². The number of hydrogen-bond acceptors (Lipinski definition) is 4. The molecule has 3 heterocycles. The molecule has 1 saturated heterocycles. The van der Waals surface area contributed by atoms with Gasteiger partial charge in [-0.3, -0.25) is 0 Å². The maximum Gasteiger partial charge on any atom is 0.335 e. The van der Waals surface area contributed by atoms with E-state index in [9.17, 15) is 4.79 Å². The number of nitrogens with zero attached hydrogens (tertiary/aromatic N) is 4. The number of fused-ring (bicyclic) bond motifs is 1. The molecule has 106 valence electrons. The van der Waals surface area contributed by atoms with E-state index in [2.05, 4.69) is 21.9 Å². The van der Waals surface area contributed by atoms with Crippen LogP contribution in [0, 0.1) is 0 Å². The van der Waals surface area contributed by atoms with Crippen molar-refractivity contribution in [1.29, 1.82) is 0 Å². The molecule has 2 aromatic heterocycles. The second-order valence-electron chi connectivity index (χ2n) is 5.20. The van der Waals surface area contributed by atoms with E-state index in [1.807, 2.05) is 0 Å². The van der Waals surface area contributed by atoms with E-state index in [1.165, 1.54) is 0 Å². The van der Waals surface area contributed by atoms with E-state index >= 15 is 0 Å². The Hall–Kier alpha value is -1.95. The van der Waals surface area contributed by atoms with Gasteiger partial charge in [-0.15, -0.1) is 0 Å². The molecule has 6 nitrogen and oxygen atoms in total. The quantitative estimate of drug-likeness (QED) is 0.921. The van der Waals surface area contributed by atoms with Crippen LogP contribution >= 0.6 is 0 Å². The van der Waals surface area contributed by atoms with Crippen LogP contribution in [0.5, 0.6) is 0 Å². The maximum atomic E-state index is 11.0. The number of carboxylic acid groups (broad SMARTS) is 1. The van der Waals surface area contributed by atoms with Crippen molar-refractivity contribution in [3.63, 3.8) is 0 Å². The largest absolute Gasteiger partial charge is 0.478 e. The number of likely N-dealkylation sites (tertiary alicyclic amines) is 1. The molecule has 0 aromatic carbocycles. The molecule has 0 aliphatic carbocycles. The average Bonchev–Trinajstić information content (AvgIpc) is 2.90. The van der Waals surface area contributed by atoms with Gasteiger partial charge in [-0.1, -0.05) is 6.92 Å². The summed E-state index contributed by atoms with van der Waals surface area (Å²) in [4.78, 5) is 17.9. The van der Waals surface area contributed by atoms with Crippen LogP contribution in [-0.2, 0) is 0 Å². The minimum Gasteiger partial charge on any atom is -0.478 e. The van der Waals surface area contributed by atoms with E-state index in [1.54, 1.807) is 22.8 Å². The molecule has 0 radical (unpaired) electrons. The first kappa shape index (κ1) is 13.1. The van der Waals surface area contributed by atoms with Crippen molar-refractivity contribution in [2.45, 2.75) is 25.7 Å². The molecule has 1 fully saturated rings. The van der Waals surface area contributed by atoms with E-state index in [0.717, 1.165) is 38.3 Å². The zero-order valence-electron chi connectivity index (χ0n) is 11.5. The highest BCUT2D eigenvalue weighted by Gasteiger charge is 2.23. The predicted octanol–water partition coefficient (Wildman–Crippen LogP) is 1.63. The number of pyridine rings is 1. The lowest BCUT2D eigenvalue weighted by atomic mass is 9.96. The van der Waals surface area contributed by atoms with E-state index in [0.29, 0.717) is 11.6 Å². The van der Waals surface area contributed by atoms with Gasteiger partial charge in [-0.25, -0.2) is 14.3 Å². The van der Waals surface area contributed by atoms with Crippen LogP contribution in [0.3, 0.4) is 0 Å². The number of carboxylic acids is 1. The van der Waals surface area contributed by atoms with E-state index < -0.39 is 5.97 Å². The minimum absolute atomic E-state index is 0.247. The van der Waals surface area contributed by atoms with Crippen LogP contribution in [0.2, 0.25) is 0 Å². The van der Waals surface area contributed by atoms with Crippen molar-refractivity contribution in [1.82, 2.24) is 19.5 Å². The Kier molecular flexibility index (Phi) is 3.40. The zero-order chi connectivity index (χ0) is 14.1. The third-order valence-corrected chi connectivity index (χ3v) is 4.00. The summed E-state index contributed by atoms with van der Waals surface area (Å²) in [5.74, 6) is 0.280. The summed E-state index contributed by atoms with van der Waals surface area (Å²) in [5.41, 5.74) is 0.857. The third kappa shape index (κ3) is 2.38. The fourth-order valence-electron chi connectivity index (χ4n) is 2.71. The number of hydrogen-bond donors (Lipinski definition) is 1. The maximum absolute atomic E-state index is 11.0. The van der Waals surface area contributed by atoms with Gasteiger partial charge in [0.25, 0.3) is 0 Å². The van der Waals surface area contributed by atoms with Gasteiger partial charge in [0.1, 0.15) is 0 Å². The molecular weight excluding hydrogens is 256 g/mol. The first-order chi connectivity index (χ1) is 9.67. The van der Waals surface area contributed by atoms with Gasteiger partial charge < -0.3 is 10.0 Å². The Labute approximate surface area is 117 Å². The first-order valence-corrected chi connectivity index (χ1v) is 6.99. The lowest BCUT2D eigenvalue weighted by Crippen LogP contribution is -2.32. The summed E-state index contributed by atoms with van der Waals surface area (Å²) in [5, 5.41) is 13.5. The summed E-state index contributed by atoms with van der Waals surface area (Å²) in [6, 6.07) is 3.12. The molecule has 20 heavy (non-hydrogen) atoms. The monoisotopic (exact) mass is 274 g/mol. The summed E-state index contributed by atoms with van der Waals surface area (Å²) in [6.07, 6.45) is 3.80. The molecule has 0 bridgehead atoms. The summed E-state index contributed by atoms with van der Waals surface area (Å²) >= 11 is 0. The summed E-state index contributed by atoms with van der Waals surface area (Å²) < 4.78 is 1.66. The van der Waals surface area contributed by atoms with Crippen molar-refractivity contribution >= 4 is 11.6 Å². The molecule has 0 amide bonds. The molecular formula is C14H18N4O2. The van der Waals surface area contributed by atoms with Crippen LogP contribution in [0.15, 0.2) is 18.3 Å². The van der Waals surface area contributed by atoms with Gasteiger partial charge in [0, 0.05) is 12.1 Å². The molecule has 1 aliphatic heterocycles. The van der Waals surface area contributed by atoms with Crippen LogP contribution < -0.4 is 0 Å². The highest BCUT2D eigenvalue weighted by atomic mass is 16.4. The molecule has 0 spiro atoms. The van der Waals surface area contributed by atoms with E-state index in [-0.39, 0.29) is 5.56 Å². The van der Waals surface area contributed by atoms with Gasteiger partial charge in [0.2, 0.25) is 0 Å². The number of carbonyl (C=O) groups is 1. The molecule has 0 atom stereocenters. The number of rotatable bonds is 3. The highest BCUT2D eigenvalue weighted by molar-refractivity contribution is 5.88. The number of aromatic nitrogens is 3. The van der Waals surface area contributed by atoms with E-state index in [4.69, 9.17) is 5.11 Å². The normalized spacial score (nSPS) is 17.6. The van der Waals surface area contributed by atoms with Crippen molar-refractivity contribution in [3.8, 4) is 0 Å². The lowest BCUT2D eigenvalue weighted by Gasteiger charge is -2.29. The Bertz CT molecular complexity index is 629. The number of aromatic carboxylic acids is 1. The average molecular weight is 274 g/mol. The van der Waals surface area contributed by atoms with Crippen LogP contribution in [-0.4, -0.2) is 50.2 Å². The smallest absolute Gasteiger partial charge is 0.335 e. The van der Waals surface area contributed by atoms with Crippen LogP contribution in [0.25, 0.3) is 5.65 Å². The second kappa shape index (κ2) is 5.20. The van der Waals surface area contributed by atoms with Gasteiger partial charge in [-0.2, -0.15) is 5.10 Å². The molecule has 3 rings (SSSR count). The molecule has 6 heteroatoms. The Morgan fingerprint density at radius 1 is 1.45 bits per heavy atom. The van der Waals surface area contributed by atoms with Gasteiger partial charge in [-0.05, 0) is 44.6 Å². The van der Waals surface area contributed by atoms with Crippen molar-refractivity contribution in [2.24, 2.45) is 0 Å². The molecule has 2 aromatic rings. The summed E-state index contributed by atoms with van der Waals surface area (Å²) in [7, 11) is 0. The Morgan fingerprint density at radius 3 is 2.85 bits per heavy atom. The number of piperidine rings is 1. The third-order valence-electron chi connectivity index (χ3n) is 4.00. The SMILES string of the molecule is CCN1CCC(c2nc3cc(C(=O)O)ccn3n2)CC1. The molecule has 1 aliphatic rings. The highest BCUT2D eigenvalue weighted by Crippen LogP contribution is 2.25. The minimum atomic E-state index is -0.937. The molecule has 0 unspecified atom stereocenters.